The molecule has 0 fully saturated rings. The molecule has 5 heteroatoms. The fraction of sp³-hybridized carbons (Fsp3) is 0.462. The van der Waals surface area contributed by atoms with E-state index in [1.165, 1.54) is 7.11 Å². The molecular formula is C13H17Cl2NO2. The second-order valence-corrected chi connectivity index (χ2v) is 5.25. The lowest BCUT2D eigenvalue weighted by atomic mass is 10.1. The van der Waals surface area contributed by atoms with Crippen molar-refractivity contribution < 1.29 is 9.53 Å². The third kappa shape index (κ3) is 4.16. The zero-order valence-corrected chi connectivity index (χ0v) is 12.2. The molecule has 1 N–H and O–H groups in total. The summed E-state index contributed by atoms with van der Waals surface area (Å²) in [4.78, 5) is 11.8. The van der Waals surface area contributed by atoms with Crippen molar-refractivity contribution in [3.63, 3.8) is 0 Å². The van der Waals surface area contributed by atoms with Gasteiger partial charge in [-0.05, 0) is 30.2 Å². The summed E-state index contributed by atoms with van der Waals surface area (Å²) in [6.45, 7) is 4.84. The maximum Gasteiger partial charge on any atom is 0.327 e. The molecule has 18 heavy (non-hydrogen) atoms. The molecule has 0 radical (unpaired) electrons. The molecule has 0 aliphatic rings. The van der Waals surface area contributed by atoms with E-state index >= 15 is 0 Å². The van der Waals surface area contributed by atoms with E-state index in [-0.39, 0.29) is 5.97 Å². The van der Waals surface area contributed by atoms with Crippen LogP contribution in [0.3, 0.4) is 0 Å². The van der Waals surface area contributed by atoms with Gasteiger partial charge in [-0.2, -0.15) is 0 Å². The first kappa shape index (κ1) is 15.3. The van der Waals surface area contributed by atoms with Gasteiger partial charge < -0.3 is 10.1 Å². The van der Waals surface area contributed by atoms with Crippen LogP contribution in [0, 0.1) is 5.92 Å². The molecule has 0 amide bonds. The number of hydrogen-bond donors (Lipinski definition) is 1. The Morgan fingerprint density at radius 1 is 1.33 bits per heavy atom. The molecule has 0 heterocycles. The Hall–Kier alpha value is -0.770. The van der Waals surface area contributed by atoms with E-state index in [9.17, 15) is 4.79 Å². The Balaban J connectivity index is 2.94. The van der Waals surface area contributed by atoms with E-state index in [4.69, 9.17) is 27.9 Å². The first-order valence-corrected chi connectivity index (χ1v) is 6.47. The molecule has 0 aliphatic carbocycles. The molecule has 0 saturated heterocycles. The van der Waals surface area contributed by atoms with Crippen molar-refractivity contribution in [1.82, 2.24) is 5.32 Å². The summed E-state index contributed by atoms with van der Waals surface area (Å²) in [5.74, 6) is 0.0916. The van der Waals surface area contributed by atoms with Gasteiger partial charge in [0.15, 0.2) is 0 Å². The SMILES string of the molecule is COC(=O)C(NCC(C)C)c1ccc(Cl)c(Cl)c1. The number of ether oxygens (including phenoxy) is 1. The largest absolute Gasteiger partial charge is 0.468 e. The second-order valence-electron chi connectivity index (χ2n) is 4.43. The van der Waals surface area contributed by atoms with Crippen LogP contribution < -0.4 is 5.32 Å². The van der Waals surface area contributed by atoms with E-state index in [1.807, 2.05) is 0 Å². The minimum absolute atomic E-state index is 0.339. The number of carbonyl (C=O) groups excluding carboxylic acids is 1. The molecule has 1 rings (SSSR count). The smallest absolute Gasteiger partial charge is 0.327 e. The first-order chi connectivity index (χ1) is 8.45. The standard InChI is InChI=1S/C13H17Cl2NO2/c1-8(2)7-16-12(13(17)18-3)9-4-5-10(14)11(15)6-9/h4-6,8,12,16H,7H2,1-3H3. The van der Waals surface area contributed by atoms with Crippen LogP contribution in [-0.2, 0) is 9.53 Å². The molecule has 1 atom stereocenters. The van der Waals surface area contributed by atoms with Crippen molar-refractivity contribution in [2.75, 3.05) is 13.7 Å². The van der Waals surface area contributed by atoms with Crippen LogP contribution in [0.4, 0.5) is 0 Å². The van der Waals surface area contributed by atoms with Gasteiger partial charge in [-0.3, -0.25) is 0 Å². The molecule has 0 aliphatic heterocycles. The molecule has 0 saturated carbocycles. The van der Waals surface area contributed by atoms with Crippen molar-refractivity contribution in [2.45, 2.75) is 19.9 Å². The van der Waals surface area contributed by atoms with Gasteiger partial charge >= 0.3 is 5.97 Å². The van der Waals surface area contributed by atoms with Gasteiger partial charge in [-0.1, -0.05) is 43.1 Å². The fourth-order valence-electron chi connectivity index (χ4n) is 1.50. The Morgan fingerprint density at radius 3 is 2.50 bits per heavy atom. The van der Waals surface area contributed by atoms with Crippen LogP contribution in [0.2, 0.25) is 10.0 Å². The van der Waals surface area contributed by atoms with Crippen molar-refractivity contribution in [1.29, 1.82) is 0 Å². The van der Waals surface area contributed by atoms with Gasteiger partial charge in [-0.25, -0.2) is 4.79 Å². The van der Waals surface area contributed by atoms with Crippen LogP contribution in [0.25, 0.3) is 0 Å². The number of esters is 1. The fourth-order valence-corrected chi connectivity index (χ4v) is 1.81. The molecule has 0 aromatic heterocycles. The Kier molecular flexibility index (Phi) is 5.93. The van der Waals surface area contributed by atoms with Gasteiger partial charge in [0, 0.05) is 0 Å². The van der Waals surface area contributed by atoms with E-state index in [2.05, 4.69) is 19.2 Å². The zero-order valence-electron chi connectivity index (χ0n) is 10.7. The molecule has 1 aromatic carbocycles. The second kappa shape index (κ2) is 6.98. The topological polar surface area (TPSA) is 38.3 Å². The molecule has 1 unspecified atom stereocenters. The lowest BCUT2D eigenvalue weighted by molar-refractivity contribution is -0.143. The monoisotopic (exact) mass is 289 g/mol. The van der Waals surface area contributed by atoms with E-state index in [0.717, 1.165) is 5.56 Å². The van der Waals surface area contributed by atoms with E-state index in [1.54, 1.807) is 18.2 Å². The van der Waals surface area contributed by atoms with Gasteiger partial charge in [0.25, 0.3) is 0 Å². The third-order valence-corrected chi connectivity index (χ3v) is 3.18. The number of methoxy groups -OCH3 is 1. The number of halogens is 2. The summed E-state index contributed by atoms with van der Waals surface area (Å²) in [5.41, 5.74) is 0.747. The minimum Gasteiger partial charge on any atom is -0.468 e. The summed E-state index contributed by atoms with van der Waals surface area (Å²) in [5, 5.41) is 4.05. The van der Waals surface area contributed by atoms with Crippen LogP contribution in [0.15, 0.2) is 18.2 Å². The molecule has 0 bridgehead atoms. The number of hydrogen-bond acceptors (Lipinski definition) is 3. The van der Waals surface area contributed by atoms with Crippen molar-refractivity contribution >= 4 is 29.2 Å². The van der Waals surface area contributed by atoms with E-state index in [0.29, 0.717) is 22.5 Å². The van der Waals surface area contributed by atoms with Crippen molar-refractivity contribution in [2.24, 2.45) is 5.92 Å². The number of nitrogens with one attached hydrogen (secondary N) is 1. The number of rotatable bonds is 5. The van der Waals surface area contributed by atoms with Gasteiger partial charge in [-0.15, -0.1) is 0 Å². The van der Waals surface area contributed by atoms with Crippen LogP contribution >= 0.6 is 23.2 Å². The highest BCUT2D eigenvalue weighted by atomic mass is 35.5. The lowest BCUT2D eigenvalue weighted by Crippen LogP contribution is -2.32. The number of carbonyl (C=O) groups is 1. The lowest BCUT2D eigenvalue weighted by Gasteiger charge is -2.18. The van der Waals surface area contributed by atoms with Crippen LogP contribution in [0.1, 0.15) is 25.5 Å². The van der Waals surface area contributed by atoms with Gasteiger partial charge in [0.1, 0.15) is 6.04 Å². The molecule has 1 aromatic rings. The summed E-state index contributed by atoms with van der Waals surface area (Å²) >= 11 is 11.8. The Morgan fingerprint density at radius 2 is 2.00 bits per heavy atom. The van der Waals surface area contributed by atoms with Crippen LogP contribution in [0.5, 0.6) is 0 Å². The predicted octanol–water partition coefficient (Wildman–Crippen LogP) is 3.45. The third-order valence-electron chi connectivity index (χ3n) is 2.44. The zero-order chi connectivity index (χ0) is 13.7. The summed E-state index contributed by atoms with van der Waals surface area (Å²) < 4.78 is 4.79. The minimum atomic E-state index is -0.521. The van der Waals surface area contributed by atoms with Gasteiger partial charge in [0.05, 0.1) is 17.2 Å². The van der Waals surface area contributed by atoms with Crippen molar-refractivity contribution in [3.05, 3.63) is 33.8 Å². The van der Waals surface area contributed by atoms with Crippen molar-refractivity contribution in [3.8, 4) is 0 Å². The maximum atomic E-state index is 11.8. The quantitative estimate of drug-likeness (QED) is 0.844. The first-order valence-electron chi connectivity index (χ1n) is 5.72. The summed E-state index contributed by atoms with van der Waals surface area (Å²) in [7, 11) is 1.36. The van der Waals surface area contributed by atoms with Gasteiger partial charge in [0.2, 0.25) is 0 Å². The summed E-state index contributed by atoms with van der Waals surface area (Å²) in [6.07, 6.45) is 0. The molecule has 3 nitrogen and oxygen atoms in total. The summed E-state index contributed by atoms with van der Waals surface area (Å²) in [6, 6.07) is 4.60. The van der Waals surface area contributed by atoms with Crippen LogP contribution in [-0.4, -0.2) is 19.6 Å². The average Bonchev–Trinajstić information content (AvgIpc) is 2.33. The molecule has 0 spiro atoms. The van der Waals surface area contributed by atoms with E-state index < -0.39 is 6.04 Å². The predicted molar refractivity (Wildman–Crippen MR) is 74.1 cm³/mol. The number of benzene rings is 1. The Labute approximate surface area is 117 Å². The maximum absolute atomic E-state index is 11.8. The molecule has 100 valence electrons. The highest BCUT2D eigenvalue weighted by Crippen LogP contribution is 2.26. The normalized spacial score (nSPS) is 12.6. The highest BCUT2D eigenvalue weighted by molar-refractivity contribution is 6.42. The average molecular weight is 290 g/mol. The highest BCUT2D eigenvalue weighted by Gasteiger charge is 2.21. The Bertz CT molecular complexity index is 421. The molecular weight excluding hydrogens is 273 g/mol.